The average molecular weight is 293 g/mol. The molecule has 0 aliphatic carbocycles. The van der Waals surface area contributed by atoms with Crippen molar-refractivity contribution in [2.45, 2.75) is 33.7 Å². The second kappa shape index (κ2) is 7.11. The Morgan fingerprint density at radius 2 is 1.90 bits per heavy atom. The van der Waals surface area contributed by atoms with Crippen LogP contribution in [0.2, 0.25) is 0 Å². The molecule has 116 valence electrons. The fraction of sp³-hybridized carbons (Fsp3) is 0.500. The normalized spacial score (nSPS) is 10.9. The summed E-state index contributed by atoms with van der Waals surface area (Å²) in [6, 6.07) is 5.17. The van der Waals surface area contributed by atoms with Crippen LogP contribution in [-0.4, -0.2) is 26.1 Å². The zero-order valence-electron chi connectivity index (χ0n) is 13.3. The van der Waals surface area contributed by atoms with E-state index < -0.39 is 11.4 Å². The largest absolute Gasteiger partial charge is 0.496 e. The molecule has 1 aromatic rings. The van der Waals surface area contributed by atoms with Gasteiger partial charge in [-0.2, -0.15) is 0 Å². The fourth-order valence-electron chi connectivity index (χ4n) is 1.72. The third-order valence-electron chi connectivity index (χ3n) is 3.62. The highest BCUT2D eigenvalue weighted by Gasteiger charge is 2.24. The van der Waals surface area contributed by atoms with Crippen LogP contribution in [0.15, 0.2) is 18.2 Å². The number of hydrogen-bond acceptors (Lipinski definition) is 4. The van der Waals surface area contributed by atoms with E-state index in [1.807, 2.05) is 26.8 Å². The number of esters is 1. The van der Waals surface area contributed by atoms with Crippen molar-refractivity contribution in [1.29, 1.82) is 0 Å². The van der Waals surface area contributed by atoms with Crippen LogP contribution in [0, 0.1) is 5.41 Å². The molecule has 1 aromatic carbocycles. The lowest BCUT2D eigenvalue weighted by Gasteiger charge is -2.21. The van der Waals surface area contributed by atoms with E-state index >= 15 is 0 Å². The third kappa shape index (κ3) is 4.21. The molecule has 5 nitrogen and oxygen atoms in total. The summed E-state index contributed by atoms with van der Waals surface area (Å²) in [7, 11) is 2.81. The number of rotatable bonds is 6. The highest BCUT2D eigenvalue weighted by Crippen LogP contribution is 2.22. The van der Waals surface area contributed by atoms with Gasteiger partial charge in [-0.25, -0.2) is 4.79 Å². The van der Waals surface area contributed by atoms with Gasteiger partial charge in [0.15, 0.2) is 0 Å². The first-order valence-corrected chi connectivity index (χ1v) is 6.89. The molecular weight excluding hydrogens is 270 g/mol. The first kappa shape index (κ1) is 17.0. The molecule has 0 saturated carbocycles. The topological polar surface area (TPSA) is 64.6 Å². The van der Waals surface area contributed by atoms with Crippen molar-refractivity contribution in [1.82, 2.24) is 5.32 Å². The molecule has 1 amide bonds. The second-order valence-corrected chi connectivity index (χ2v) is 5.45. The smallest absolute Gasteiger partial charge is 0.341 e. The van der Waals surface area contributed by atoms with Gasteiger partial charge in [0.05, 0.1) is 14.2 Å². The van der Waals surface area contributed by atoms with Gasteiger partial charge in [-0.1, -0.05) is 26.8 Å². The van der Waals surface area contributed by atoms with E-state index in [2.05, 4.69) is 5.32 Å². The minimum atomic E-state index is -0.464. The van der Waals surface area contributed by atoms with Crippen molar-refractivity contribution in [2.75, 3.05) is 14.2 Å². The lowest BCUT2D eigenvalue weighted by atomic mass is 9.89. The van der Waals surface area contributed by atoms with Crippen molar-refractivity contribution in [3.63, 3.8) is 0 Å². The monoisotopic (exact) mass is 293 g/mol. The number of carbonyl (C=O) groups excluding carboxylic acids is 2. The molecule has 0 aromatic heterocycles. The number of methoxy groups -OCH3 is 2. The van der Waals surface area contributed by atoms with Gasteiger partial charge in [-0.05, 0) is 24.1 Å². The summed E-state index contributed by atoms with van der Waals surface area (Å²) in [5.74, 6) is -0.0276. The summed E-state index contributed by atoms with van der Waals surface area (Å²) in [5.41, 5.74) is 0.760. The average Bonchev–Trinajstić information content (AvgIpc) is 2.51. The van der Waals surface area contributed by atoms with Crippen LogP contribution in [-0.2, 0) is 16.1 Å². The summed E-state index contributed by atoms with van der Waals surface area (Å²) in [4.78, 5) is 23.7. The molecule has 0 aliphatic heterocycles. The highest BCUT2D eigenvalue weighted by molar-refractivity contribution is 5.92. The lowest BCUT2D eigenvalue weighted by Crippen LogP contribution is -2.36. The Labute approximate surface area is 125 Å². The van der Waals surface area contributed by atoms with Crippen LogP contribution in [0.4, 0.5) is 0 Å². The molecule has 1 rings (SSSR count). The summed E-state index contributed by atoms with van der Waals surface area (Å²) in [6.07, 6.45) is 0.759. The van der Waals surface area contributed by atoms with Gasteiger partial charge in [0, 0.05) is 12.0 Å². The van der Waals surface area contributed by atoms with Gasteiger partial charge >= 0.3 is 5.97 Å². The molecule has 0 bridgehead atoms. The summed E-state index contributed by atoms with van der Waals surface area (Å²) < 4.78 is 9.86. The van der Waals surface area contributed by atoms with Crippen LogP contribution in [0.1, 0.15) is 43.1 Å². The molecule has 0 saturated heterocycles. The Morgan fingerprint density at radius 3 is 2.43 bits per heavy atom. The summed E-state index contributed by atoms with van der Waals surface area (Å²) in [5, 5.41) is 2.88. The first-order valence-electron chi connectivity index (χ1n) is 6.89. The maximum atomic E-state index is 12.0. The van der Waals surface area contributed by atoms with Crippen LogP contribution in [0.5, 0.6) is 5.75 Å². The summed E-state index contributed by atoms with van der Waals surface area (Å²) >= 11 is 0. The van der Waals surface area contributed by atoms with Gasteiger partial charge in [-0.15, -0.1) is 0 Å². The summed E-state index contributed by atoms with van der Waals surface area (Å²) in [6.45, 7) is 6.13. The van der Waals surface area contributed by atoms with Crippen LogP contribution >= 0.6 is 0 Å². The number of ether oxygens (including phenoxy) is 2. The van der Waals surface area contributed by atoms with Crippen LogP contribution in [0.3, 0.4) is 0 Å². The van der Waals surface area contributed by atoms with E-state index in [0.717, 1.165) is 12.0 Å². The zero-order chi connectivity index (χ0) is 16.0. The van der Waals surface area contributed by atoms with Gasteiger partial charge in [0.25, 0.3) is 0 Å². The van der Waals surface area contributed by atoms with Crippen molar-refractivity contribution < 1.29 is 19.1 Å². The van der Waals surface area contributed by atoms with Crippen LogP contribution < -0.4 is 10.1 Å². The maximum absolute atomic E-state index is 12.0. The van der Waals surface area contributed by atoms with Crippen LogP contribution in [0.25, 0.3) is 0 Å². The quantitative estimate of drug-likeness (QED) is 0.819. The van der Waals surface area contributed by atoms with Gasteiger partial charge in [-0.3, -0.25) is 4.79 Å². The molecule has 0 radical (unpaired) electrons. The minimum Gasteiger partial charge on any atom is -0.496 e. The Bertz CT molecular complexity index is 523. The number of benzene rings is 1. The van der Waals surface area contributed by atoms with E-state index in [1.165, 1.54) is 14.2 Å². The van der Waals surface area contributed by atoms with E-state index in [-0.39, 0.29) is 5.91 Å². The molecule has 0 heterocycles. The molecular formula is C16H23NO4. The second-order valence-electron chi connectivity index (χ2n) is 5.45. The Balaban J connectivity index is 2.86. The van der Waals surface area contributed by atoms with Crippen molar-refractivity contribution in [3.8, 4) is 5.75 Å². The fourth-order valence-corrected chi connectivity index (χ4v) is 1.72. The predicted molar refractivity (Wildman–Crippen MR) is 80.3 cm³/mol. The standard InChI is InChI=1S/C16H23NO4/c1-6-16(2,3)15(19)17-10-11-7-8-13(20-4)12(9-11)14(18)21-5/h7-9H,6,10H2,1-5H3,(H,17,19). The number of amides is 1. The zero-order valence-corrected chi connectivity index (χ0v) is 13.3. The van der Waals surface area contributed by atoms with Gasteiger partial charge in [0.2, 0.25) is 5.91 Å². The SMILES string of the molecule is CCC(C)(C)C(=O)NCc1ccc(OC)c(C(=O)OC)c1. The third-order valence-corrected chi connectivity index (χ3v) is 3.62. The lowest BCUT2D eigenvalue weighted by molar-refractivity contribution is -0.129. The number of carbonyl (C=O) groups is 2. The maximum Gasteiger partial charge on any atom is 0.341 e. The molecule has 21 heavy (non-hydrogen) atoms. The van der Waals surface area contributed by atoms with Crippen molar-refractivity contribution in [3.05, 3.63) is 29.3 Å². The van der Waals surface area contributed by atoms with Crippen molar-refractivity contribution >= 4 is 11.9 Å². The Morgan fingerprint density at radius 1 is 1.24 bits per heavy atom. The van der Waals surface area contributed by atoms with Gasteiger partial charge in [0.1, 0.15) is 11.3 Å². The number of nitrogens with one attached hydrogen (secondary N) is 1. The minimum absolute atomic E-state index is 0.0135. The van der Waals surface area contributed by atoms with Gasteiger partial charge < -0.3 is 14.8 Å². The molecule has 0 aliphatic rings. The molecule has 0 spiro atoms. The Kier molecular flexibility index (Phi) is 5.76. The van der Waals surface area contributed by atoms with E-state index in [4.69, 9.17) is 9.47 Å². The van der Waals surface area contributed by atoms with E-state index in [1.54, 1.807) is 12.1 Å². The van der Waals surface area contributed by atoms with Crippen molar-refractivity contribution in [2.24, 2.45) is 5.41 Å². The Hall–Kier alpha value is -2.04. The highest BCUT2D eigenvalue weighted by atomic mass is 16.5. The molecule has 0 atom stereocenters. The van der Waals surface area contributed by atoms with E-state index in [0.29, 0.717) is 17.9 Å². The molecule has 1 N–H and O–H groups in total. The predicted octanol–water partition coefficient (Wildman–Crippen LogP) is 2.53. The first-order chi connectivity index (χ1) is 9.85. The molecule has 0 unspecified atom stereocenters. The van der Waals surface area contributed by atoms with E-state index in [9.17, 15) is 9.59 Å². The molecule has 0 fully saturated rings. The number of hydrogen-bond donors (Lipinski definition) is 1. The molecule has 5 heteroatoms.